The summed E-state index contributed by atoms with van der Waals surface area (Å²) in [6, 6.07) is 8.22. The predicted molar refractivity (Wildman–Crippen MR) is 149 cm³/mol. The Kier molecular flexibility index (Phi) is 6.29. The summed E-state index contributed by atoms with van der Waals surface area (Å²) in [5.41, 5.74) is 6.56. The molecule has 5 heterocycles. The van der Waals surface area contributed by atoms with Crippen molar-refractivity contribution in [3.05, 3.63) is 47.9 Å². The van der Waals surface area contributed by atoms with E-state index in [9.17, 15) is 4.79 Å². The Morgan fingerprint density at radius 2 is 2.00 bits per heavy atom. The fourth-order valence-electron chi connectivity index (χ4n) is 5.29. The predicted octanol–water partition coefficient (Wildman–Crippen LogP) is 4.98. The number of fused-ring (bicyclic) bond motifs is 2. The molecule has 4 aromatic rings. The number of nitrogens with one attached hydrogen (secondary N) is 3. The maximum atomic E-state index is 13.0. The number of nitrogens with zero attached hydrogens (tertiary/aromatic N) is 5. The van der Waals surface area contributed by atoms with Gasteiger partial charge in [-0.25, -0.2) is 19.7 Å². The van der Waals surface area contributed by atoms with Crippen LogP contribution in [0, 0.1) is 0 Å². The van der Waals surface area contributed by atoms with Gasteiger partial charge in [0.05, 0.1) is 21.1 Å². The van der Waals surface area contributed by atoms with Gasteiger partial charge in [0.25, 0.3) is 0 Å². The molecule has 9 nitrogen and oxygen atoms in total. The maximum absolute atomic E-state index is 13.0. The van der Waals surface area contributed by atoms with Crippen molar-refractivity contribution in [2.24, 2.45) is 0 Å². The van der Waals surface area contributed by atoms with Gasteiger partial charge in [0.2, 0.25) is 0 Å². The number of H-pyrrole nitrogens is 1. The summed E-state index contributed by atoms with van der Waals surface area (Å²) in [7, 11) is 0. The molecule has 0 spiro atoms. The van der Waals surface area contributed by atoms with Gasteiger partial charge < -0.3 is 25.4 Å². The normalized spacial score (nSPS) is 16.9. The number of likely N-dealkylation sites (tertiary alicyclic amines) is 1. The molecule has 3 N–H and O–H groups in total. The van der Waals surface area contributed by atoms with E-state index in [2.05, 4.69) is 67.5 Å². The largest absolute Gasteiger partial charge is 0.340 e. The van der Waals surface area contributed by atoms with Gasteiger partial charge in [0, 0.05) is 36.6 Å². The molecule has 3 aromatic heterocycles. The molecular weight excluding hydrogens is 484 g/mol. The summed E-state index contributed by atoms with van der Waals surface area (Å²) >= 11 is 1.62. The Bertz CT molecular complexity index is 1470. The maximum Gasteiger partial charge on any atom is 0.318 e. The minimum atomic E-state index is -0.255. The number of carbonyl (C=O) groups excluding carboxylic acids is 1. The fourth-order valence-corrected chi connectivity index (χ4v) is 6.00. The summed E-state index contributed by atoms with van der Waals surface area (Å²) in [4.78, 5) is 34.1. The van der Waals surface area contributed by atoms with E-state index in [0.29, 0.717) is 13.1 Å². The monoisotopic (exact) mass is 516 g/mol. The zero-order chi connectivity index (χ0) is 25.4. The molecule has 2 aliphatic rings. The number of rotatable bonds is 6. The molecular formula is C27H32N8OS. The highest BCUT2D eigenvalue weighted by molar-refractivity contribution is 7.16. The smallest absolute Gasteiger partial charge is 0.318 e. The van der Waals surface area contributed by atoms with E-state index < -0.39 is 0 Å². The number of hydrogen-bond donors (Lipinski definition) is 3. The number of benzene rings is 1. The number of amides is 2. The summed E-state index contributed by atoms with van der Waals surface area (Å²) in [6.45, 7) is 8.63. The molecule has 1 fully saturated rings. The molecule has 0 unspecified atom stereocenters. The van der Waals surface area contributed by atoms with Crippen LogP contribution in [0.4, 0.5) is 16.3 Å². The van der Waals surface area contributed by atoms with Crippen LogP contribution in [0.5, 0.6) is 0 Å². The van der Waals surface area contributed by atoms with Crippen LogP contribution in [-0.2, 0) is 0 Å². The molecule has 0 aliphatic carbocycles. The lowest BCUT2D eigenvalue weighted by Crippen LogP contribution is -2.55. The lowest BCUT2D eigenvalue weighted by atomic mass is 10.0. The van der Waals surface area contributed by atoms with E-state index in [4.69, 9.17) is 0 Å². The Labute approximate surface area is 220 Å². The molecule has 2 aliphatic heterocycles. The van der Waals surface area contributed by atoms with Gasteiger partial charge in [-0.15, -0.1) is 11.3 Å². The average Bonchev–Trinajstić information content (AvgIpc) is 3.64. The molecule has 0 atom stereocenters. The van der Waals surface area contributed by atoms with E-state index in [1.807, 2.05) is 22.5 Å². The van der Waals surface area contributed by atoms with Gasteiger partial charge in [0.1, 0.15) is 17.8 Å². The third kappa shape index (κ3) is 5.17. The number of thiazole rings is 1. The van der Waals surface area contributed by atoms with E-state index >= 15 is 0 Å². The van der Waals surface area contributed by atoms with Crippen LogP contribution >= 0.6 is 11.3 Å². The molecule has 37 heavy (non-hydrogen) atoms. The Balaban J connectivity index is 1.14. The second-order valence-corrected chi connectivity index (χ2v) is 11.4. The fraction of sp³-hybridized carbons (Fsp3) is 0.407. The van der Waals surface area contributed by atoms with Crippen LogP contribution < -0.4 is 10.6 Å². The summed E-state index contributed by atoms with van der Waals surface area (Å²) < 4.78 is 1.13. The number of hydrogen-bond acceptors (Lipinski definition) is 7. The molecule has 10 heteroatoms. The van der Waals surface area contributed by atoms with Gasteiger partial charge in [-0.05, 0) is 76.0 Å². The van der Waals surface area contributed by atoms with Crippen LogP contribution in [0.15, 0.2) is 42.2 Å². The molecule has 6 rings (SSSR count). The first-order valence-corrected chi connectivity index (χ1v) is 13.7. The number of carbonyl (C=O) groups is 1. The molecule has 192 valence electrons. The standard InChI is InChI=1S/C27H32N8OS/c1-27(2,15-34-9-3-4-10-34)33-26(36)35-11-7-18(8-12-35)22-14-20-24(28-16-29-25(20)32-22)31-19-5-6-21-23(13-19)37-17-30-21/h5-7,13-14,16-17H,3-4,8-12,15H2,1-2H3,(H,33,36)(H2,28,29,31,32). The molecule has 1 aromatic carbocycles. The van der Waals surface area contributed by atoms with Crippen LogP contribution in [0.1, 0.15) is 38.8 Å². The van der Waals surface area contributed by atoms with Gasteiger partial charge in [-0.3, -0.25) is 0 Å². The lowest BCUT2D eigenvalue weighted by molar-refractivity contribution is 0.178. The summed E-state index contributed by atoms with van der Waals surface area (Å²) in [5, 5.41) is 7.62. The van der Waals surface area contributed by atoms with Crippen molar-refractivity contribution in [2.75, 3.05) is 38.0 Å². The minimum Gasteiger partial charge on any atom is -0.340 e. The Hall–Kier alpha value is -3.50. The zero-order valence-electron chi connectivity index (χ0n) is 21.3. The first-order valence-electron chi connectivity index (χ1n) is 12.9. The molecule has 2 amide bonds. The molecule has 1 saturated heterocycles. The first-order chi connectivity index (χ1) is 17.9. The van der Waals surface area contributed by atoms with Crippen LogP contribution in [-0.4, -0.2) is 74.0 Å². The molecule has 0 saturated carbocycles. The summed E-state index contributed by atoms with van der Waals surface area (Å²) in [5.74, 6) is 0.758. The van der Waals surface area contributed by atoms with Crippen molar-refractivity contribution in [1.82, 2.24) is 35.1 Å². The second kappa shape index (κ2) is 9.75. The van der Waals surface area contributed by atoms with E-state index in [0.717, 1.165) is 64.5 Å². The first kappa shape index (κ1) is 23.9. The van der Waals surface area contributed by atoms with Crippen molar-refractivity contribution in [2.45, 2.75) is 38.6 Å². The van der Waals surface area contributed by atoms with Gasteiger partial charge in [-0.1, -0.05) is 6.08 Å². The van der Waals surface area contributed by atoms with E-state index in [-0.39, 0.29) is 11.6 Å². The number of urea groups is 1. The van der Waals surface area contributed by atoms with Crippen LogP contribution in [0.25, 0.3) is 26.8 Å². The van der Waals surface area contributed by atoms with Gasteiger partial charge in [0.15, 0.2) is 0 Å². The highest BCUT2D eigenvalue weighted by atomic mass is 32.1. The highest BCUT2D eigenvalue weighted by Gasteiger charge is 2.28. The summed E-state index contributed by atoms with van der Waals surface area (Å²) in [6.07, 6.45) is 7.00. The quantitative estimate of drug-likeness (QED) is 0.334. The lowest BCUT2D eigenvalue weighted by Gasteiger charge is -2.34. The number of aromatic amines is 1. The van der Waals surface area contributed by atoms with Crippen molar-refractivity contribution in [3.63, 3.8) is 0 Å². The van der Waals surface area contributed by atoms with Crippen LogP contribution in [0.3, 0.4) is 0 Å². The van der Waals surface area contributed by atoms with Crippen molar-refractivity contribution in [3.8, 4) is 0 Å². The molecule has 0 bridgehead atoms. The Morgan fingerprint density at radius 1 is 1.14 bits per heavy atom. The third-order valence-electron chi connectivity index (χ3n) is 7.12. The van der Waals surface area contributed by atoms with Gasteiger partial charge >= 0.3 is 6.03 Å². The van der Waals surface area contributed by atoms with Crippen LogP contribution in [0.2, 0.25) is 0 Å². The third-order valence-corrected chi connectivity index (χ3v) is 7.92. The van der Waals surface area contributed by atoms with E-state index in [1.54, 1.807) is 17.7 Å². The average molecular weight is 517 g/mol. The number of anilines is 2. The SMILES string of the molecule is CC(C)(CN1CCCC1)NC(=O)N1CC=C(c2cc3c(Nc4ccc5ncsc5c4)ncnc3[nH]2)CC1. The van der Waals surface area contributed by atoms with Crippen molar-refractivity contribution >= 4 is 55.7 Å². The van der Waals surface area contributed by atoms with Crippen molar-refractivity contribution in [1.29, 1.82) is 0 Å². The molecule has 0 radical (unpaired) electrons. The highest BCUT2D eigenvalue weighted by Crippen LogP contribution is 2.30. The zero-order valence-corrected chi connectivity index (χ0v) is 22.1. The van der Waals surface area contributed by atoms with Gasteiger partial charge in [-0.2, -0.15) is 0 Å². The topological polar surface area (TPSA) is 102 Å². The second-order valence-electron chi connectivity index (χ2n) is 10.6. The number of aromatic nitrogens is 4. The minimum absolute atomic E-state index is 0.00593. The Morgan fingerprint density at radius 3 is 2.81 bits per heavy atom. The van der Waals surface area contributed by atoms with Crippen molar-refractivity contribution < 1.29 is 4.79 Å². The van der Waals surface area contributed by atoms with E-state index in [1.165, 1.54) is 18.4 Å².